The van der Waals surface area contributed by atoms with Gasteiger partial charge in [-0.15, -0.1) is 0 Å². The van der Waals surface area contributed by atoms with E-state index in [1.807, 2.05) is 6.92 Å². The van der Waals surface area contributed by atoms with Crippen molar-refractivity contribution in [2.45, 2.75) is 126 Å². The number of aliphatic hydroxyl groups is 6. The number of hydrogen-bond acceptors (Lipinski definition) is 10. The van der Waals surface area contributed by atoms with E-state index in [0.29, 0.717) is 51.4 Å². The Morgan fingerprint density at radius 1 is 0.949 bits per heavy atom. The summed E-state index contributed by atoms with van der Waals surface area (Å²) < 4.78 is 16.9. The van der Waals surface area contributed by atoms with Crippen molar-refractivity contribution in [1.29, 1.82) is 0 Å². The van der Waals surface area contributed by atoms with Crippen LogP contribution in [0.4, 0.5) is 0 Å². The van der Waals surface area contributed by atoms with E-state index in [2.05, 4.69) is 6.92 Å². The van der Waals surface area contributed by atoms with E-state index >= 15 is 0 Å². The molecule has 6 rings (SSSR count). The van der Waals surface area contributed by atoms with Crippen molar-refractivity contribution in [2.24, 2.45) is 28.6 Å². The number of aliphatic hydroxyl groups excluding tert-OH is 4. The summed E-state index contributed by atoms with van der Waals surface area (Å²) in [7, 11) is 0. The van der Waals surface area contributed by atoms with Gasteiger partial charge in [0, 0.05) is 17.9 Å². The lowest BCUT2D eigenvalue weighted by atomic mass is 9.41. The first kappa shape index (κ1) is 28.0. The first-order valence-electron chi connectivity index (χ1n) is 14.6. The van der Waals surface area contributed by atoms with Crippen molar-refractivity contribution in [2.75, 3.05) is 6.61 Å². The van der Waals surface area contributed by atoms with Gasteiger partial charge in [-0.25, -0.2) is 4.79 Å². The lowest BCUT2D eigenvalue weighted by molar-refractivity contribution is -0.321. The molecule has 6 N–H and O–H groups in total. The molecule has 2 heterocycles. The molecule has 14 atom stereocenters. The van der Waals surface area contributed by atoms with E-state index in [0.717, 1.165) is 5.57 Å². The van der Waals surface area contributed by atoms with Gasteiger partial charge in [-0.05, 0) is 80.6 Å². The smallest absolute Gasteiger partial charge is 0.331 e. The maximum absolute atomic E-state index is 12.4. The van der Waals surface area contributed by atoms with Gasteiger partial charge in [-0.2, -0.15) is 0 Å². The second kappa shape index (κ2) is 9.19. The van der Waals surface area contributed by atoms with Crippen LogP contribution in [-0.2, 0) is 19.0 Å². The summed E-state index contributed by atoms with van der Waals surface area (Å²) >= 11 is 0. The Hall–Kier alpha value is -1.11. The van der Waals surface area contributed by atoms with Crippen molar-refractivity contribution < 1.29 is 49.6 Å². The molecule has 0 bridgehead atoms. The zero-order valence-electron chi connectivity index (χ0n) is 23.0. The largest absolute Gasteiger partial charge is 0.458 e. The SMILES string of the molecule is C[C@H]1O[C@@H](O[C@H]2CC[C@]3(C)[C@@H]4C[C@@H](O)[C@]5(C)[C@@H](C6=CC(=O)OC6)CC[C@]5(O)[C@H]4CC[C@]3(O)C2)[C@H](O)[C@H](O)[C@@H]1O. The molecule has 220 valence electrons. The van der Waals surface area contributed by atoms with Gasteiger partial charge in [0.2, 0.25) is 0 Å². The Balaban J connectivity index is 1.22. The summed E-state index contributed by atoms with van der Waals surface area (Å²) in [6.45, 7) is 5.86. The first-order valence-corrected chi connectivity index (χ1v) is 14.6. The van der Waals surface area contributed by atoms with Crippen molar-refractivity contribution in [3.8, 4) is 0 Å². The lowest BCUT2D eigenvalue weighted by Gasteiger charge is -2.67. The third-order valence-electron chi connectivity index (χ3n) is 12.3. The van der Waals surface area contributed by atoms with Crippen LogP contribution in [0.15, 0.2) is 11.6 Å². The highest BCUT2D eigenvalue weighted by Gasteiger charge is 2.72. The van der Waals surface area contributed by atoms with Gasteiger partial charge in [0.25, 0.3) is 0 Å². The molecule has 39 heavy (non-hydrogen) atoms. The predicted octanol–water partition coefficient (Wildman–Crippen LogP) is 0.542. The molecule has 1 saturated heterocycles. The van der Waals surface area contributed by atoms with Crippen molar-refractivity contribution in [3.05, 3.63) is 11.6 Å². The zero-order valence-corrected chi connectivity index (χ0v) is 23.0. The summed E-state index contributed by atoms with van der Waals surface area (Å²) in [5, 5.41) is 66.8. The number of fused-ring (bicyclic) bond motifs is 5. The highest BCUT2D eigenvalue weighted by Crippen LogP contribution is 2.70. The topological polar surface area (TPSA) is 166 Å². The summed E-state index contributed by atoms with van der Waals surface area (Å²) in [4.78, 5) is 11.8. The third kappa shape index (κ3) is 3.79. The van der Waals surface area contributed by atoms with E-state index in [9.17, 15) is 35.4 Å². The average molecular weight is 553 g/mol. The minimum absolute atomic E-state index is 0.0988. The Morgan fingerprint density at radius 3 is 2.38 bits per heavy atom. The van der Waals surface area contributed by atoms with Crippen molar-refractivity contribution in [3.63, 3.8) is 0 Å². The number of carbonyl (C=O) groups is 1. The van der Waals surface area contributed by atoms with E-state index < -0.39 is 64.9 Å². The number of rotatable bonds is 3. The first-order chi connectivity index (χ1) is 18.2. The summed E-state index contributed by atoms with van der Waals surface area (Å²) in [6, 6.07) is 0. The van der Waals surface area contributed by atoms with Crippen LogP contribution in [0.2, 0.25) is 0 Å². The van der Waals surface area contributed by atoms with Crippen molar-refractivity contribution >= 4 is 5.97 Å². The van der Waals surface area contributed by atoms with Gasteiger partial charge in [-0.1, -0.05) is 13.8 Å². The molecule has 0 aromatic rings. The Kier molecular flexibility index (Phi) is 6.61. The molecule has 4 saturated carbocycles. The average Bonchev–Trinajstić information content (AvgIpc) is 3.43. The molecule has 10 nitrogen and oxygen atoms in total. The molecule has 10 heteroatoms. The fraction of sp³-hybridized carbons (Fsp3) is 0.897. The fourth-order valence-electron chi connectivity index (χ4n) is 9.78. The van der Waals surface area contributed by atoms with Gasteiger partial charge in [-0.3, -0.25) is 0 Å². The quantitative estimate of drug-likeness (QED) is 0.215. The van der Waals surface area contributed by atoms with Crippen LogP contribution in [-0.4, -0.2) is 97.3 Å². The minimum atomic E-state index is -1.40. The highest BCUT2D eigenvalue weighted by atomic mass is 16.7. The molecule has 0 amide bonds. The van der Waals surface area contributed by atoms with Gasteiger partial charge in [0.05, 0.1) is 29.5 Å². The molecule has 0 spiro atoms. The molecule has 5 fully saturated rings. The summed E-state index contributed by atoms with van der Waals surface area (Å²) in [5.74, 6) is -0.709. The fourth-order valence-corrected chi connectivity index (χ4v) is 9.78. The molecule has 0 unspecified atom stereocenters. The van der Waals surface area contributed by atoms with Crippen LogP contribution in [0.5, 0.6) is 0 Å². The number of ether oxygens (including phenoxy) is 3. The number of hydrogen-bond donors (Lipinski definition) is 6. The lowest BCUT2D eigenvalue weighted by Crippen LogP contribution is -2.70. The van der Waals surface area contributed by atoms with Crippen molar-refractivity contribution in [1.82, 2.24) is 0 Å². The van der Waals surface area contributed by atoms with Crippen LogP contribution >= 0.6 is 0 Å². The van der Waals surface area contributed by atoms with Crippen LogP contribution in [0.1, 0.15) is 72.1 Å². The predicted molar refractivity (Wildman–Crippen MR) is 136 cm³/mol. The molecule has 4 aliphatic carbocycles. The molecule has 0 aromatic carbocycles. The van der Waals surface area contributed by atoms with Gasteiger partial charge in [0.1, 0.15) is 24.9 Å². The zero-order chi connectivity index (χ0) is 28.1. The monoisotopic (exact) mass is 552 g/mol. The number of cyclic esters (lactones) is 1. The molecule has 6 aliphatic rings. The molecular weight excluding hydrogens is 508 g/mol. The van der Waals surface area contributed by atoms with Gasteiger partial charge >= 0.3 is 5.97 Å². The molecule has 2 aliphatic heterocycles. The van der Waals surface area contributed by atoms with E-state index in [1.165, 1.54) is 6.08 Å². The summed E-state index contributed by atoms with van der Waals surface area (Å²) in [5.41, 5.74) is -2.75. The summed E-state index contributed by atoms with van der Waals surface area (Å²) in [6.07, 6.45) is -1.27. The number of esters is 1. The molecule has 0 radical (unpaired) electrons. The van der Waals surface area contributed by atoms with Gasteiger partial charge in [0.15, 0.2) is 6.29 Å². The Bertz CT molecular complexity index is 1030. The second-order valence-electron chi connectivity index (χ2n) is 13.8. The Labute approximate surface area is 229 Å². The van der Waals surface area contributed by atoms with Gasteiger partial charge < -0.3 is 44.8 Å². The highest BCUT2D eigenvalue weighted by molar-refractivity contribution is 5.85. The van der Waals surface area contributed by atoms with Crippen LogP contribution < -0.4 is 0 Å². The normalized spacial score (nSPS) is 57.3. The standard InChI is InChI=1S/C29H44O10/c1-14-22(32)23(33)24(34)25(38-14)39-16-4-7-26(2)19-11-20(30)27(3)17(15-10-21(31)37-13-15)6-9-29(27,36)18(19)5-8-28(26,35)12-16/h10,14,16-20,22-25,30,32-36H,4-9,11-13H2,1-3H3/t14-,16+,17-,18+,19-,20-,22-,23-,24-,25+,26-,27+,28+,29+/m1/s1. The molecule has 0 aromatic heterocycles. The minimum Gasteiger partial charge on any atom is -0.458 e. The van der Waals surface area contributed by atoms with E-state index in [-0.39, 0.29) is 30.3 Å². The third-order valence-corrected chi connectivity index (χ3v) is 12.3. The molecular formula is C29H44O10. The van der Waals surface area contributed by atoms with E-state index in [4.69, 9.17) is 14.2 Å². The second-order valence-corrected chi connectivity index (χ2v) is 13.8. The number of carbonyl (C=O) groups excluding carboxylic acids is 1. The van der Waals surface area contributed by atoms with Crippen LogP contribution in [0.3, 0.4) is 0 Å². The Morgan fingerprint density at radius 2 is 1.69 bits per heavy atom. The van der Waals surface area contributed by atoms with E-state index in [1.54, 1.807) is 6.92 Å². The van der Waals surface area contributed by atoms with Crippen LogP contribution in [0.25, 0.3) is 0 Å². The maximum atomic E-state index is 12.4. The maximum Gasteiger partial charge on any atom is 0.331 e. The van der Waals surface area contributed by atoms with Crippen LogP contribution in [0, 0.1) is 28.6 Å².